The quantitative estimate of drug-likeness (QED) is 0.368. The summed E-state index contributed by atoms with van der Waals surface area (Å²) in [6.45, 7) is 6.12. The topological polar surface area (TPSA) is 78.3 Å². The number of methoxy groups -OCH3 is 1. The summed E-state index contributed by atoms with van der Waals surface area (Å²) in [6, 6.07) is 13.0. The highest BCUT2D eigenvalue weighted by atomic mass is 32.2. The van der Waals surface area contributed by atoms with E-state index in [9.17, 15) is 9.18 Å². The number of rotatable bonds is 10. The van der Waals surface area contributed by atoms with Gasteiger partial charge in [-0.2, -0.15) is 0 Å². The van der Waals surface area contributed by atoms with Gasteiger partial charge in [0.2, 0.25) is 5.91 Å². The van der Waals surface area contributed by atoms with Crippen molar-refractivity contribution in [3.8, 4) is 11.5 Å². The number of allylic oxidation sites excluding steroid dienone is 1. The minimum Gasteiger partial charge on any atom is -0.493 e. The van der Waals surface area contributed by atoms with Gasteiger partial charge in [-0.3, -0.25) is 9.36 Å². The molecule has 9 heteroatoms. The predicted molar refractivity (Wildman–Crippen MR) is 118 cm³/mol. The van der Waals surface area contributed by atoms with Gasteiger partial charge in [0.1, 0.15) is 5.82 Å². The maximum atomic E-state index is 13.0. The first kappa shape index (κ1) is 22.4. The van der Waals surface area contributed by atoms with Gasteiger partial charge in [0.15, 0.2) is 28.6 Å². The molecule has 0 saturated heterocycles. The molecule has 0 saturated carbocycles. The van der Waals surface area contributed by atoms with Crippen molar-refractivity contribution in [2.24, 2.45) is 0 Å². The second-order valence-corrected chi connectivity index (χ2v) is 7.44. The number of nitrogens with zero attached hydrogens (tertiary/aromatic N) is 3. The van der Waals surface area contributed by atoms with Crippen LogP contribution in [0.3, 0.4) is 0 Å². The summed E-state index contributed by atoms with van der Waals surface area (Å²) in [5.74, 6) is 1.35. The van der Waals surface area contributed by atoms with Gasteiger partial charge in [0.25, 0.3) is 0 Å². The summed E-state index contributed by atoms with van der Waals surface area (Å²) in [5.41, 5.74) is 0.527. The molecule has 0 spiro atoms. The van der Waals surface area contributed by atoms with Crippen LogP contribution in [-0.4, -0.2) is 33.5 Å². The fourth-order valence-corrected chi connectivity index (χ4v) is 3.58. The molecule has 1 unspecified atom stereocenters. The van der Waals surface area contributed by atoms with Crippen LogP contribution in [0.15, 0.2) is 66.3 Å². The number of hydrogen-bond donors (Lipinski definition) is 1. The molecule has 1 heterocycles. The normalized spacial score (nSPS) is 11.6. The van der Waals surface area contributed by atoms with Crippen LogP contribution in [0.25, 0.3) is 0 Å². The summed E-state index contributed by atoms with van der Waals surface area (Å²) in [5, 5.41) is 11.8. The molecular formula is C22H23FN4O3S. The second kappa shape index (κ2) is 10.6. The van der Waals surface area contributed by atoms with E-state index in [0.717, 1.165) is 0 Å². The second-order valence-electron chi connectivity index (χ2n) is 6.49. The lowest BCUT2D eigenvalue weighted by atomic mass is 10.3. The highest BCUT2D eigenvalue weighted by molar-refractivity contribution is 7.99. The van der Waals surface area contributed by atoms with Gasteiger partial charge < -0.3 is 14.8 Å². The minimum atomic E-state index is -0.411. The molecule has 1 N–H and O–H groups in total. The SMILES string of the molecule is C=CCn1c(SCC(=O)Nc2ccc(F)cc2)nnc1C(C)Oc1ccccc1OC. The van der Waals surface area contributed by atoms with Gasteiger partial charge >= 0.3 is 0 Å². The van der Waals surface area contributed by atoms with E-state index in [1.54, 1.807) is 13.2 Å². The molecule has 0 aliphatic rings. The van der Waals surface area contributed by atoms with E-state index in [2.05, 4.69) is 22.1 Å². The van der Waals surface area contributed by atoms with Crippen molar-refractivity contribution < 1.29 is 18.7 Å². The Morgan fingerprint density at radius 2 is 1.94 bits per heavy atom. The highest BCUT2D eigenvalue weighted by Gasteiger charge is 2.20. The maximum Gasteiger partial charge on any atom is 0.234 e. The van der Waals surface area contributed by atoms with Gasteiger partial charge in [0, 0.05) is 12.2 Å². The van der Waals surface area contributed by atoms with Crippen LogP contribution < -0.4 is 14.8 Å². The number of anilines is 1. The number of carbonyl (C=O) groups excluding carboxylic acids is 1. The first-order valence-corrected chi connectivity index (χ1v) is 10.5. The third-order valence-corrected chi connectivity index (χ3v) is 5.22. The number of halogens is 1. The van der Waals surface area contributed by atoms with E-state index in [4.69, 9.17) is 9.47 Å². The Labute approximate surface area is 184 Å². The number of benzene rings is 2. The summed E-state index contributed by atoms with van der Waals surface area (Å²) in [7, 11) is 1.58. The summed E-state index contributed by atoms with van der Waals surface area (Å²) in [6.07, 6.45) is 1.32. The molecule has 0 aliphatic heterocycles. The Balaban J connectivity index is 1.68. The molecule has 3 rings (SSSR count). The molecule has 0 bridgehead atoms. The zero-order valence-corrected chi connectivity index (χ0v) is 18.1. The average Bonchev–Trinajstić information content (AvgIpc) is 3.17. The number of hydrogen-bond acceptors (Lipinski definition) is 6. The van der Waals surface area contributed by atoms with Crippen molar-refractivity contribution in [2.75, 3.05) is 18.2 Å². The summed E-state index contributed by atoms with van der Waals surface area (Å²) in [4.78, 5) is 12.3. The summed E-state index contributed by atoms with van der Waals surface area (Å²) >= 11 is 1.24. The molecular weight excluding hydrogens is 419 g/mol. The minimum absolute atomic E-state index is 0.119. The van der Waals surface area contributed by atoms with Crippen LogP contribution in [0, 0.1) is 5.82 Å². The van der Waals surface area contributed by atoms with E-state index in [0.29, 0.717) is 34.7 Å². The lowest BCUT2D eigenvalue weighted by Crippen LogP contribution is -2.15. The van der Waals surface area contributed by atoms with Crippen molar-refractivity contribution in [1.29, 1.82) is 0 Å². The van der Waals surface area contributed by atoms with E-state index in [-0.39, 0.29) is 17.5 Å². The molecule has 31 heavy (non-hydrogen) atoms. The van der Waals surface area contributed by atoms with Crippen LogP contribution in [0.2, 0.25) is 0 Å². The third-order valence-electron chi connectivity index (χ3n) is 4.25. The molecule has 1 aromatic heterocycles. The van der Waals surface area contributed by atoms with Crippen LogP contribution in [-0.2, 0) is 11.3 Å². The first-order valence-electron chi connectivity index (χ1n) is 9.53. The third kappa shape index (κ3) is 5.85. The monoisotopic (exact) mass is 442 g/mol. The number of carbonyl (C=O) groups is 1. The Morgan fingerprint density at radius 1 is 1.23 bits per heavy atom. The number of nitrogens with one attached hydrogen (secondary N) is 1. The molecule has 1 amide bonds. The Kier molecular flexibility index (Phi) is 7.66. The van der Waals surface area contributed by atoms with Crippen molar-refractivity contribution >= 4 is 23.4 Å². The number of aromatic nitrogens is 3. The predicted octanol–water partition coefficient (Wildman–Crippen LogP) is 4.48. The van der Waals surface area contributed by atoms with E-state index >= 15 is 0 Å². The molecule has 2 aromatic carbocycles. The molecule has 162 valence electrons. The van der Waals surface area contributed by atoms with Gasteiger partial charge in [0.05, 0.1) is 12.9 Å². The molecule has 0 fully saturated rings. The molecule has 1 atom stereocenters. The number of ether oxygens (including phenoxy) is 2. The zero-order valence-electron chi connectivity index (χ0n) is 17.2. The summed E-state index contributed by atoms with van der Waals surface area (Å²) < 4.78 is 26.2. The zero-order chi connectivity index (χ0) is 22.2. The fraction of sp³-hybridized carbons (Fsp3) is 0.227. The van der Waals surface area contributed by atoms with E-state index in [1.807, 2.05) is 35.8 Å². The van der Waals surface area contributed by atoms with Gasteiger partial charge in [-0.05, 0) is 43.3 Å². The Bertz CT molecular complexity index is 1040. The molecule has 0 aliphatic carbocycles. The standard InChI is InChI=1S/C22H23FN4O3S/c1-4-13-27-21(15(2)30-19-8-6-5-7-18(19)29-3)25-26-22(27)31-14-20(28)24-17-11-9-16(23)10-12-17/h4-12,15H,1,13-14H2,2-3H3,(H,24,28). The first-order chi connectivity index (χ1) is 15.0. The smallest absolute Gasteiger partial charge is 0.234 e. The van der Waals surface area contributed by atoms with Gasteiger partial charge in [-0.25, -0.2) is 4.39 Å². The van der Waals surface area contributed by atoms with Crippen LogP contribution in [0.5, 0.6) is 11.5 Å². The van der Waals surface area contributed by atoms with Crippen LogP contribution in [0.1, 0.15) is 18.9 Å². The van der Waals surface area contributed by atoms with Crippen molar-refractivity contribution in [3.63, 3.8) is 0 Å². The van der Waals surface area contributed by atoms with Crippen molar-refractivity contribution in [1.82, 2.24) is 14.8 Å². The van der Waals surface area contributed by atoms with E-state index in [1.165, 1.54) is 36.0 Å². The average molecular weight is 443 g/mol. The number of thioether (sulfide) groups is 1. The number of amides is 1. The lowest BCUT2D eigenvalue weighted by Gasteiger charge is -2.17. The molecule has 7 nitrogen and oxygen atoms in total. The lowest BCUT2D eigenvalue weighted by molar-refractivity contribution is -0.113. The van der Waals surface area contributed by atoms with Crippen LogP contribution in [0.4, 0.5) is 10.1 Å². The number of para-hydroxylation sites is 2. The van der Waals surface area contributed by atoms with Gasteiger partial charge in [-0.15, -0.1) is 16.8 Å². The van der Waals surface area contributed by atoms with Gasteiger partial charge in [-0.1, -0.05) is 30.0 Å². The molecule has 3 aromatic rings. The Morgan fingerprint density at radius 3 is 2.61 bits per heavy atom. The fourth-order valence-electron chi connectivity index (χ4n) is 2.83. The van der Waals surface area contributed by atoms with Crippen molar-refractivity contribution in [3.05, 3.63) is 72.8 Å². The van der Waals surface area contributed by atoms with E-state index < -0.39 is 6.10 Å². The largest absolute Gasteiger partial charge is 0.493 e. The van der Waals surface area contributed by atoms with Crippen molar-refractivity contribution in [2.45, 2.75) is 24.7 Å². The maximum absolute atomic E-state index is 13.0. The van der Waals surface area contributed by atoms with Crippen LogP contribution >= 0.6 is 11.8 Å². The highest BCUT2D eigenvalue weighted by Crippen LogP contribution is 2.31. The Hall–Kier alpha value is -3.33. The molecule has 0 radical (unpaired) electrons.